The molecule has 0 heterocycles. The van der Waals surface area contributed by atoms with E-state index in [0.717, 1.165) is 0 Å². The Morgan fingerprint density at radius 2 is 1.14 bits per heavy atom. The first-order valence-electron chi connectivity index (χ1n) is 9.26. The van der Waals surface area contributed by atoms with Crippen molar-refractivity contribution in [3.05, 3.63) is 0 Å². The van der Waals surface area contributed by atoms with Gasteiger partial charge in [0, 0.05) is 0 Å². The van der Waals surface area contributed by atoms with Gasteiger partial charge in [-0.25, -0.2) is 0 Å². The summed E-state index contributed by atoms with van der Waals surface area (Å²) in [6.45, 7) is 9.20. The van der Waals surface area contributed by atoms with Crippen molar-refractivity contribution in [2.45, 2.75) is 96.8 Å². The van der Waals surface area contributed by atoms with Gasteiger partial charge in [-0.05, 0) is 0 Å². The van der Waals surface area contributed by atoms with Crippen molar-refractivity contribution in [3.63, 3.8) is 0 Å². The van der Waals surface area contributed by atoms with Crippen LogP contribution in [-0.2, 0) is 4.49 Å². The summed E-state index contributed by atoms with van der Waals surface area (Å²) in [6, 6.07) is 0. The molecule has 0 rings (SSSR count). The molecule has 0 atom stereocenters. The van der Waals surface area contributed by atoms with Gasteiger partial charge in [0.1, 0.15) is 0 Å². The third-order valence-corrected chi connectivity index (χ3v) is 32.4. The predicted octanol–water partition coefficient (Wildman–Crippen LogP) is 6.28. The van der Waals surface area contributed by atoms with Crippen LogP contribution in [0.25, 0.3) is 0 Å². The average molecular weight is 513 g/mol. The van der Waals surface area contributed by atoms with E-state index in [9.17, 15) is 0 Å². The van der Waals surface area contributed by atoms with Crippen LogP contribution in [0.1, 0.15) is 79.1 Å². The maximum atomic E-state index is 6.98. The molecule has 4 heteroatoms. The zero-order chi connectivity index (χ0) is 16.0. The summed E-state index contributed by atoms with van der Waals surface area (Å²) in [4.78, 5) is 0. The van der Waals surface area contributed by atoms with Crippen molar-refractivity contribution >= 4 is 39.4 Å². The summed E-state index contributed by atoms with van der Waals surface area (Å²) in [6.07, 6.45) is 10.6. The fourth-order valence-corrected chi connectivity index (χ4v) is 36.9. The van der Waals surface area contributed by atoms with Crippen LogP contribution in [0.15, 0.2) is 0 Å². The molecule has 0 bridgehead atoms. The molecule has 2 nitrogen and oxygen atoms in total. The van der Waals surface area contributed by atoms with E-state index in [1.54, 1.807) is 0 Å². The molecule has 0 spiro atoms. The minimum absolute atomic E-state index is 1.28. The number of hydrogen-bond acceptors (Lipinski definition) is 2. The van der Waals surface area contributed by atoms with Crippen LogP contribution in [-0.4, -0.2) is 46.5 Å². The fourth-order valence-electron chi connectivity index (χ4n) is 2.60. The molecule has 0 aliphatic rings. The zero-order valence-electron chi connectivity index (χ0n) is 15.3. The van der Waals surface area contributed by atoms with Crippen molar-refractivity contribution in [2.24, 2.45) is 0 Å². The molecule has 127 valence electrons. The second-order valence-corrected chi connectivity index (χ2v) is 25.8. The number of hydrogen-bond donors (Lipinski definition) is 0. The minimum atomic E-state index is -2.73. The van der Waals surface area contributed by atoms with Gasteiger partial charge in [-0.15, -0.1) is 0 Å². The molecular formula is C17H39O2Sn2. The van der Waals surface area contributed by atoms with E-state index >= 15 is 0 Å². The summed E-state index contributed by atoms with van der Waals surface area (Å²) in [5, 5.41) is 0. The van der Waals surface area contributed by atoms with Gasteiger partial charge in [0.05, 0.1) is 0 Å². The van der Waals surface area contributed by atoms with Crippen LogP contribution in [0, 0.1) is 0 Å². The zero-order valence-corrected chi connectivity index (χ0v) is 21.0. The standard InChI is InChI=1S/4C4H9.CH3O.O.2Sn/c4*1-3-4-2;1-2;;;/h4*1,3-4H2,2H3;1H3;;;/q;;;;-1;;;+1. The van der Waals surface area contributed by atoms with Gasteiger partial charge < -0.3 is 0 Å². The molecule has 0 fully saturated rings. The predicted molar refractivity (Wildman–Crippen MR) is 98.5 cm³/mol. The van der Waals surface area contributed by atoms with E-state index < -0.39 is 39.4 Å². The van der Waals surface area contributed by atoms with E-state index in [0.29, 0.717) is 0 Å². The second kappa shape index (κ2) is 15.1. The Labute approximate surface area is 147 Å². The van der Waals surface area contributed by atoms with Gasteiger partial charge in [-0.1, -0.05) is 0 Å². The Balaban J connectivity index is 4.71. The molecule has 0 aromatic rings. The quantitative estimate of drug-likeness (QED) is 0.240. The molecular weight excluding hydrogens is 474 g/mol. The van der Waals surface area contributed by atoms with Gasteiger partial charge in [0.2, 0.25) is 0 Å². The van der Waals surface area contributed by atoms with Gasteiger partial charge >= 0.3 is 148 Å². The molecule has 0 saturated carbocycles. The van der Waals surface area contributed by atoms with Crippen molar-refractivity contribution in [2.75, 3.05) is 7.11 Å². The van der Waals surface area contributed by atoms with Crippen molar-refractivity contribution in [1.82, 2.24) is 0 Å². The SMILES string of the molecule is CCC[CH2][Sn]([CH2]CCC)[O][Sn]([CH2]CCC)([CH2]CCC)[O]C. The van der Waals surface area contributed by atoms with E-state index in [1.807, 2.05) is 7.11 Å². The van der Waals surface area contributed by atoms with Crippen molar-refractivity contribution < 1.29 is 4.49 Å². The second-order valence-electron chi connectivity index (χ2n) is 6.17. The van der Waals surface area contributed by atoms with Crippen molar-refractivity contribution in [3.8, 4) is 0 Å². The van der Waals surface area contributed by atoms with Gasteiger partial charge in [-0.3, -0.25) is 0 Å². The van der Waals surface area contributed by atoms with Gasteiger partial charge in [-0.2, -0.15) is 0 Å². The van der Waals surface area contributed by atoms with Gasteiger partial charge in [0.25, 0.3) is 0 Å². The molecule has 0 unspecified atom stereocenters. The van der Waals surface area contributed by atoms with Crippen LogP contribution < -0.4 is 0 Å². The summed E-state index contributed by atoms with van der Waals surface area (Å²) in [7, 11) is 1.96. The maximum absolute atomic E-state index is 6.98. The third kappa shape index (κ3) is 10.8. The Bertz CT molecular complexity index is 209. The monoisotopic (exact) mass is 515 g/mol. The topological polar surface area (TPSA) is 18.5 Å². The molecule has 0 amide bonds. The molecule has 0 aromatic carbocycles. The summed E-state index contributed by atoms with van der Waals surface area (Å²) in [5.74, 6) is 0. The van der Waals surface area contributed by atoms with E-state index in [2.05, 4.69) is 27.7 Å². The van der Waals surface area contributed by atoms with Crippen LogP contribution in [0.4, 0.5) is 0 Å². The first-order chi connectivity index (χ1) is 10.2. The Hall–Kier alpha value is 1.52. The summed E-state index contributed by atoms with van der Waals surface area (Å²) in [5.41, 5.74) is 0. The van der Waals surface area contributed by atoms with E-state index in [-0.39, 0.29) is 0 Å². The summed E-state index contributed by atoms with van der Waals surface area (Å²) >= 11 is -4.38. The molecule has 0 saturated heterocycles. The molecule has 0 aliphatic heterocycles. The van der Waals surface area contributed by atoms with Crippen LogP contribution in [0.5, 0.6) is 0 Å². The molecule has 0 aromatic heterocycles. The Morgan fingerprint density at radius 1 is 0.714 bits per heavy atom. The van der Waals surface area contributed by atoms with Crippen LogP contribution in [0.3, 0.4) is 0 Å². The van der Waals surface area contributed by atoms with Crippen molar-refractivity contribution in [1.29, 1.82) is 0 Å². The fraction of sp³-hybridized carbons (Fsp3) is 1.00. The summed E-state index contributed by atoms with van der Waals surface area (Å²) < 4.78 is 18.6. The van der Waals surface area contributed by atoms with E-state index in [4.69, 9.17) is 4.49 Å². The third-order valence-electron chi connectivity index (χ3n) is 4.14. The molecule has 0 N–H and O–H groups in total. The molecule has 1 radical (unpaired) electrons. The first-order valence-corrected chi connectivity index (χ1v) is 20.8. The normalized spacial score (nSPS) is 12.3. The molecule has 0 aliphatic carbocycles. The molecule has 21 heavy (non-hydrogen) atoms. The number of rotatable bonds is 15. The van der Waals surface area contributed by atoms with Gasteiger partial charge in [0.15, 0.2) is 0 Å². The van der Waals surface area contributed by atoms with Crippen LogP contribution >= 0.6 is 0 Å². The average Bonchev–Trinajstić information content (AvgIpc) is 2.52. The first kappa shape index (κ1) is 22.5. The van der Waals surface area contributed by atoms with Crippen LogP contribution in [0.2, 0.25) is 17.7 Å². The Kier molecular flexibility index (Phi) is 16.2. The number of unbranched alkanes of at least 4 members (excludes halogenated alkanes) is 4. The Morgan fingerprint density at radius 3 is 1.48 bits per heavy atom. The van der Waals surface area contributed by atoms with E-state index in [1.165, 1.54) is 69.1 Å².